The van der Waals surface area contributed by atoms with E-state index in [4.69, 9.17) is 0 Å². The van der Waals surface area contributed by atoms with Gasteiger partial charge in [-0.1, -0.05) is 42.6 Å². The van der Waals surface area contributed by atoms with Gasteiger partial charge in [-0.2, -0.15) is 0 Å². The topological polar surface area (TPSA) is 20.3 Å². The van der Waals surface area contributed by atoms with Crippen molar-refractivity contribution in [3.05, 3.63) is 0 Å². The van der Waals surface area contributed by atoms with Gasteiger partial charge in [-0.15, -0.1) is 0 Å². The fraction of sp³-hybridized carbons (Fsp3) is 0.933. The Kier molecular flexibility index (Phi) is 4.74. The minimum absolute atomic E-state index is 0.198. The summed E-state index contributed by atoms with van der Waals surface area (Å²) < 4.78 is 0. The summed E-state index contributed by atoms with van der Waals surface area (Å²) in [5.41, 5.74) is 0.198. The van der Waals surface area contributed by atoms with Gasteiger partial charge in [0.2, 0.25) is 5.91 Å². The summed E-state index contributed by atoms with van der Waals surface area (Å²) in [5.74, 6) is 0.690. The first-order valence-corrected chi connectivity index (χ1v) is 8.55. The van der Waals surface area contributed by atoms with Crippen LogP contribution in [0.4, 0.5) is 0 Å². The number of amides is 1. The van der Waals surface area contributed by atoms with Crippen molar-refractivity contribution in [3.63, 3.8) is 0 Å². The zero-order chi connectivity index (χ0) is 13.2. The lowest BCUT2D eigenvalue weighted by molar-refractivity contribution is -0.144. The van der Waals surface area contributed by atoms with E-state index in [1.807, 2.05) is 0 Å². The van der Waals surface area contributed by atoms with E-state index in [-0.39, 0.29) is 11.3 Å². The molecule has 0 bridgehead atoms. The Balaban J connectivity index is 2.09. The average Bonchev–Trinajstić information content (AvgIpc) is 2.37. The molecule has 104 valence electrons. The molecule has 1 heterocycles. The van der Waals surface area contributed by atoms with Gasteiger partial charge >= 0.3 is 0 Å². The Morgan fingerprint density at radius 3 is 2.61 bits per heavy atom. The molecule has 1 amide bonds. The van der Waals surface area contributed by atoms with Crippen LogP contribution in [0.15, 0.2) is 0 Å². The fourth-order valence-electron chi connectivity index (χ4n) is 3.60. The Morgan fingerprint density at radius 1 is 1.22 bits per heavy atom. The predicted octanol–water partition coefficient (Wildman–Crippen LogP) is 3.98. The van der Waals surface area contributed by atoms with E-state index in [1.165, 1.54) is 38.5 Å². The van der Waals surface area contributed by atoms with Gasteiger partial charge in [0.1, 0.15) is 0 Å². The first-order chi connectivity index (χ1) is 8.56. The number of piperidine rings is 1. The molecule has 2 fully saturated rings. The maximum Gasteiger partial charge on any atom is 0.226 e. The lowest BCUT2D eigenvalue weighted by Crippen LogP contribution is -2.50. The third kappa shape index (κ3) is 2.92. The molecule has 2 atom stereocenters. The van der Waals surface area contributed by atoms with Gasteiger partial charge in [0.15, 0.2) is 0 Å². The van der Waals surface area contributed by atoms with Crippen LogP contribution in [0.2, 0.25) is 0 Å². The van der Waals surface area contributed by atoms with Crippen LogP contribution < -0.4 is 0 Å². The summed E-state index contributed by atoms with van der Waals surface area (Å²) in [7, 11) is 0. The molecule has 0 spiro atoms. The molecule has 0 aromatic carbocycles. The third-order valence-corrected chi connectivity index (χ3v) is 5.64. The van der Waals surface area contributed by atoms with Crippen LogP contribution in [0.1, 0.15) is 58.8 Å². The Bertz CT molecular complexity index is 303. The first-order valence-electron chi connectivity index (χ1n) is 7.43. The lowest BCUT2D eigenvalue weighted by Gasteiger charge is -2.43. The number of alkyl halides is 1. The Hall–Kier alpha value is -0.0500. The molecule has 1 aliphatic carbocycles. The molecule has 0 N–H and O–H groups in total. The highest BCUT2D eigenvalue weighted by Gasteiger charge is 2.40. The summed E-state index contributed by atoms with van der Waals surface area (Å²) in [6, 6.07) is 0.434. The monoisotopic (exact) mass is 315 g/mol. The zero-order valence-electron chi connectivity index (χ0n) is 11.8. The van der Waals surface area contributed by atoms with Crippen molar-refractivity contribution < 1.29 is 4.79 Å². The minimum atomic E-state index is 0.198. The van der Waals surface area contributed by atoms with Crippen molar-refractivity contribution in [1.29, 1.82) is 0 Å². The molecule has 1 saturated heterocycles. The maximum absolute atomic E-state index is 12.8. The van der Waals surface area contributed by atoms with Crippen LogP contribution in [0.3, 0.4) is 0 Å². The van der Waals surface area contributed by atoms with Crippen molar-refractivity contribution in [1.82, 2.24) is 4.90 Å². The number of hydrogen-bond acceptors (Lipinski definition) is 1. The summed E-state index contributed by atoms with van der Waals surface area (Å²) in [5, 5.41) is 0.936. The normalized spacial score (nSPS) is 32.3. The highest BCUT2D eigenvalue weighted by atomic mass is 79.9. The van der Waals surface area contributed by atoms with Crippen molar-refractivity contribution in [2.45, 2.75) is 64.8 Å². The maximum atomic E-state index is 12.8. The second-order valence-electron chi connectivity index (χ2n) is 6.62. The average molecular weight is 316 g/mol. The van der Waals surface area contributed by atoms with Gasteiger partial charge in [0.05, 0.1) is 0 Å². The Labute approximate surface area is 120 Å². The summed E-state index contributed by atoms with van der Waals surface area (Å²) in [4.78, 5) is 15.0. The minimum Gasteiger partial charge on any atom is -0.339 e. The number of rotatable bonds is 2. The molecule has 0 aromatic rings. The highest BCUT2D eigenvalue weighted by Crippen LogP contribution is 2.42. The van der Waals surface area contributed by atoms with Gasteiger partial charge in [0.25, 0.3) is 0 Å². The fourth-order valence-corrected chi connectivity index (χ4v) is 4.28. The number of carbonyl (C=O) groups excluding carboxylic acids is 1. The summed E-state index contributed by atoms with van der Waals surface area (Å²) in [6.45, 7) is 5.53. The van der Waals surface area contributed by atoms with Crippen LogP contribution >= 0.6 is 15.9 Å². The van der Waals surface area contributed by atoms with E-state index in [0.717, 1.165) is 18.3 Å². The Morgan fingerprint density at radius 2 is 1.94 bits per heavy atom. The van der Waals surface area contributed by atoms with Crippen molar-refractivity contribution in [3.8, 4) is 0 Å². The molecule has 2 unspecified atom stereocenters. The van der Waals surface area contributed by atoms with Gasteiger partial charge in [-0.3, -0.25) is 4.79 Å². The number of nitrogens with zero attached hydrogens (tertiary/aromatic N) is 1. The second-order valence-corrected chi connectivity index (χ2v) is 7.27. The van der Waals surface area contributed by atoms with Crippen LogP contribution in [-0.2, 0) is 4.79 Å². The summed E-state index contributed by atoms with van der Waals surface area (Å²) >= 11 is 3.58. The SMILES string of the molecule is CC1(C)CCCCC1C(=O)N1CCCCC1CBr. The zero-order valence-corrected chi connectivity index (χ0v) is 13.3. The molecular weight excluding hydrogens is 290 g/mol. The number of halogens is 1. The molecule has 3 heteroatoms. The van der Waals surface area contributed by atoms with Gasteiger partial charge in [0, 0.05) is 23.8 Å². The van der Waals surface area contributed by atoms with Gasteiger partial charge in [-0.25, -0.2) is 0 Å². The number of hydrogen-bond donors (Lipinski definition) is 0. The highest BCUT2D eigenvalue weighted by molar-refractivity contribution is 9.09. The largest absolute Gasteiger partial charge is 0.339 e. The quantitative estimate of drug-likeness (QED) is 0.706. The first kappa shape index (κ1) is 14.4. The smallest absolute Gasteiger partial charge is 0.226 e. The van der Waals surface area contributed by atoms with Crippen LogP contribution in [0.5, 0.6) is 0 Å². The summed E-state index contributed by atoms with van der Waals surface area (Å²) in [6.07, 6.45) is 8.44. The molecule has 2 rings (SSSR count). The van der Waals surface area contributed by atoms with Gasteiger partial charge in [-0.05, 0) is 37.5 Å². The van der Waals surface area contributed by atoms with Crippen molar-refractivity contribution in [2.75, 3.05) is 11.9 Å². The van der Waals surface area contributed by atoms with E-state index in [1.54, 1.807) is 0 Å². The molecule has 0 radical (unpaired) electrons. The van der Waals surface area contributed by atoms with Gasteiger partial charge < -0.3 is 4.90 Å². The molecule has 1 aliphatic heterocycles. The molecular formula is C15H26BrNO. The van der Waals surface area contributed by atoms with Crippen LogP contribution in [-0.4, -0.2) is 28.7 Å². The van der Waals surface area contributed by atoms with E-state index < -0.39 is 0 Å². The molecule has 0 aromatic heterocycles. The van der Waals surface area contributed by atoms with E-state index in [2.05, 4.69) is 34.7 Å². The van der Waals surface area contributed by atoms with E-state index in [0.29, 0.717) is 11.9 Å². The standard InChI is InChI=1S/C15H26BrNO/c1-15(2)9-5-3-8-13(15)14(18)17-10-6-4-7-12(17)11-16/h12-13H,3-11H2,1-2H3. The molecule has 18 heavy (non-hydrogen) atoms. The van der Waals surface area contributed by atoms with Crippen molar-refractivity contribution in [2.24, 2.45) is 11.3 Å². The van der Waals surface area contributed by atoms with Crippen molar-refractivity contribution >= 4 is 21.8 Å². The van der Waals surface area contributed by atoms with E-state index >= 15 is 0 Å². The van der Waals surface area contributed by atoms with E-state index in [9.17, 15) is 4.79 Å². The molecule has 2 aliphatic rings. The molecule has 1 saturated carbocycles. The van der Waals surface area contributed by atoms with Crippen LogP contribution in [0, 0.1) is 11.3 Å². The third-order valence-electron chi connectivity index (χ3n) is 4.89. The lowest BCUT2D eigenvalue weighted by atomic mass is 9.68. The predicted molar refractivity (Wildman–Crippen MR) is 78.9 cm³/mol. The molecule has 2 nitrogen and oxygen atoms in total. The van der Waals surface area contributed by atoms with Crippen LogP contribution in [0.25, 0.3) is 0 Å². The second kappa shape index (κ2) is 5.94. The number of likely N-dealkylation sites (tertiary alicyclic amines) is 1. The number of carbonyl (C=O) groups is 1.